The molecule has 1 saturated heterocycles. The van der Waals surface area contributed by atoms with Crippen molar-refractivity contribution in [3.8, 4) is 0 Å². The number of likely N-dealkylation sites (tertiary alicyclic amines) is 1. The van der Waals surface area contributed by atoms with Gasteiger partial charge in [-0.1, -0.05) is 24.3 Å². The van der Waals surface area contributed by atoms with Crippen molar-refractivity contribution in [2.45, 2.75) is 36.3 Å². The van der Waals surface area contributed by atoms with Gasteiger partial charge in [0.25, 0.3) is 12.1 Å². The number of nitrogens with zero attached hydrogens (tertiary/aromatic N) is 1. The normalized spacial score (nSPS) is 25.5. The number of aliphatic hydroxyl groups is 1. The summed E-state index contributed by atoms with van der Waals surface area (Å²) in [5.74, 6) is -1.55. The number of carboxylic acid groups (broad SMARTS) is 2. The minimum atomic E-state index is -5.90. The number of β-amino-alcohol motifs (C(OH)–C–C–N with tert-alkyl or cyclic N) is 1. The molecule has 3 N–H and O–H groups in total. The molecule has 2 rings (SSSR count). The predicted molar refractivity (Wildman–Crippen MR) is 76.0 cm³/mol. The Morgan fingerprint density at radius 1 is 1.11 bits per heavy atom. The highest BCUT2D eigenvalue weighted by molar-refractivity contribution is 5.80. The molecule has 0 radical (unpaired) electrons. The lowest BCUT2D eigenvalue weighted by Gasteiger charge is -2.28. The second-order valence-corrected chi connectivity index (χ2v) is 6.09. The Hall–Kier alpha value is -2.50. The van der Waals surface area contributed by atoms with Gasteiger partial charge in [-0.25, -0.2) is 22.8 Å². The quantitative estimate of drug-likeness (QED) is 0.674. The van der Waals surface area contributed by atoms with Gasteiger partial charge in [-0.15, -0.1) is 0 Å². The third kappa shape index (κ3) is 3.40. The van der Waals surface area contributed by atoms with Crippen molar-refractivity contribution in [2.24, 2.45) is 0 Å². The number of carboxylic acids is 1. The van der Waals surface area contributed by atoms with Crippen molar-refractivity contribution in [2.75, 3.05) is 6.54 Å². The van der Waals surface area contributed by atoms with Gasteiger partial charge in [-0.05, 0) is 5.56 Å². The van der Waals surface area contributed by atoms with Crippen molar-refractivity contribution >= 4 is 12.1 Å². The first-order valence-corrected chi connectivity index (χ1v) is 7.33. The van der Waals surface area contributed by atoms with Gasteiger partial charge in [0, 0.05) is 12.0 Å². The summed E-state index contributed by atoms with van der Waals surface area (Å²) >= 11 is 0. The number of halogens is 6. The van der Waals surface area contributed by atoms with Crippen LogP contribution in [0.3, 0.4) is 0 Å². The van der Waals surface area contributed by atoms with Crippen molar-refractivity contribution < 1.29 is 51.3 Å². The smallest absolute Gasteiger partial charge is 0.432 e. The first-order chi connectivity index (χ1) is 12.2. The monoisotopic (exact) mass is 401 g/mol. The van der Waals surface area contributed by atoms with E-state index in [0.717, 1.165) is 12.1 Å². The van der Waals surface area contributed by atoms with E-state index in [9.17, 15) is 41.0 Å². The summed E-state index contributed by atoms with van der Waals surface area (Å²) in [5.41, 5.74) is -8.66. The zero-order valence-electron chi connectivity index (χ0n) is 13.3. The number of benzene rings is 1. The molecule has 2 unspecified atom stereocenters. The molecule has 12 heteroatoms. The van der Waals surface area contributed by atoms with Gasteiger partial charge in [0.05, 0.1) is 6.54 Å². The Balaban J connectivity index is 2.40. The van der Waals surface area contributed by atoms with Gasteiger partial charge >= 0.3 is 18.2 Å². The van der Waals surface area contributed by atoms with Crippen LogP contribution in [0.5, 0.6) is 0 Å². The lowest BCUT2D eigenvalue weighted by Crippen LogP contribution is -2.44. The molecule has 150 valence electrons. The van der Waals surface area contributed by atoms with E-state index in [1.54, 1.807) is 0 Å². The number of alkyl halides is 6. The Morgan fingerprint density at radius 2 is 1.63 bits per heavy atom. The number of hydrogen-bond acceptors (Lipinski definition) is 3. The largest absolute Gasteiger partial charge is 0.480 e. The first-order valence-electron chi connectivity index (χ1n) is 7.33. The van der Waals surface area contributed by atoms with E-state index in [0.29, 0.717) is 17.0 Å². The van der Waals surface area contributed by atoms with Gasteiger partial charge in [-0.2, -0.15) is 13.2 Å². The fraction of sp³-hybridized carbons (Fsp3) is 0.467. The molecule has 1 aromatic rings. The van der Waals surface area contributed by atoms with Gasteiger partial charge in [0.2, 0.25) is 0 Å². The summed E-state index contributed by atoms with van der Waals surface area (Å²) in [7, 11) is 0. The van der Waals surface area contributed by atoms with Crippen molar-refractivity contribution in [1.82, 2.24) is 4.90 Å². The molecular formula is C15H13F6NO5. The van der Waals surface area contributed by atoms with Crippen molar-refractivity contribution in [3.05, 3.63) is 35.4 Å². The lowest BCUT2D eigenvalue weighted by molar-refractivity contribution is -0.274. The van der Waals surface area contributed by atoms with Crippen LogP contribution in [0.4, 0.5) is 31.1 Å². The number of hydrogen-bond donors (Lipinski definition) is 3. The molecule has 1 heterocycles. The SMILES string of the molecule is O=C(O)[C@@H]1CC(O)(c2ccc(C(F)(C(F)F)C(F)(F)F)cc2)CN1C(=O)O. The fourth-order valence-electron chi connectivity index (χ4n) is 2.95. The topological polar surface area (TPSA) is 98.1 Å². The van der Waals surface area contributed by atoms with Crippen LogP contribution < -0.4 is 0 Å². The van der Waals surface area contributed by atoms with Crippen LogP contribution in [0.1, 0.15) is 17.5 Å². The maximum atomic E-state index is 14.0. The van der Waals surface area contributed by atoms with E-state index in [1.165, 1.54) is 0 Å². The summed E-state index contributed by atoms with van der Waals surface area (Å²) < 4.78 is 77.7. The molecule has 27 heavy (non-hydrogen) atoms. The van der Waals surface area contributed by atoms with Crippen LogP contribution in [-0.4, -0.2) is 57.5 Å². The molecule has 0 bridgehead atoms. The van der Waals surface area contributed by atoms with Gasteiger partial charge in [0.1, 0.15) is 11.6 Å². The van der Waals surface area contributed by atoms with Crippen molar-refractivity contribution in [3.63, 3.8) is 0 Å². The van der Waals surface area contributed by atoms with E-state index in [1.807, 2.05) is 0 Å². The summed E-state index contributed by atoms with van der Waals surface area (Å²) in [6.07, 6.45) is -12.6. The summed E-state index contributed by atoms with van der Waals surface area (Å²) in [4.78, 5) is 22.7. The lowest BCUT2D eigenvalue weighted by atomic mass is 9.88. The zero-order chi connectivity index (χ0) is 20.8. The van der Waals surface area contributed by atoms with E-state index in [2.05, 4.69) is 0 Å². The third-order valence-corrected chi connectivity index (χ3v) is 4.43. The molecule has 6 nitrogen and oxygen atoms in total. The molecular weight excluding hydrogens is 388 g/mol. The van der Waals surface area contributed by atoms with Gasteiger partial charge in [0.15, 0.2) is 0 Å². The van der Waals surface area contributed by atoms with Crippen LogP contribution in [0.25, 0.3) is 0 Å². The maximum Gasteiger partial charge on any atom is 0.432 e. The maximum absolute atomic E-state index is 14.0. The Labute approximate surface area is 147 Å². The van der Waals surface area contributed by atoms with Crippen molar-refractivity contribution in [1.29, 1.82) is 0 Å². The van der Waals surface area contributed by atoms with E-state index in [-0.39, 0.29) is 5.56 Å². The second kappa shape index (κ2) is 6.59. The van der Waals surface area contributed by atoms with Crippen LogP contribution in [-0.2, 0) is 16.1 Å². The molecule has 3 atom stereocenters. The molecule has 1 aliphatic rings. The number of rotatable bonds is 4. The van der Waals surface area contributed by atoms with Crippen LogP contribution >= 0.6 is 0 Å². The molecule has 0 aliphatic carbocycles. The van der Waals surface area contributed by atoms with E-state index < -0.39 is 60.5 Å². The average molecular weight is 401 g/mol. The van der Waals surface area contributed by atoms with Crippen LogP contribution in [0.15, 0.2) is 24.3 Å². The summed E-state index contributed by atoms with van der Waals surface area (Å²) in [6.45, 7) is -0.715. The molecule has 0 spiro atoms. The first kappa shape index (κ1) is 20.8. The fourth-order valence-corrected chi connectivity index (χ4v) is 2.95. The van der Waals surface area contributed by atoms with Gasteiger partial charge in [-0.3, -0.25) is 4.90 Å². The molecule has 1 fully saturated rings. The Kier molecular flexibility index (Phi) is 5.08. The molecule has 0 aromatic heterocycles. The highest BCUT2D eigenvalue weighted by atomic mass is 19.4. The molecule has 0 saturated carbocycles. The minimum Gasteiger partial charge on any atom is -0.480 e. The third-order valence-electron chi connectivity index (χ3n) is 4.43. The Bertz CT molecular complexity index is 715. The number of aliphatic carboxylic acids is 1. The Morgan fingerprint density at radius 3 is 1.96 bits per heavy atom. The molecule has 1 aliphatic heterocycles. The number of amides is 1. The highest BCUT2D eigenvalue weighted by Gasteiger charge is 2.64. The predicted octanol–water partition coefficient (Wildman–Crippen LogP) is 2.70. The molecule has 1 aromatic carbocycles. The van der Waals surface area contributed by atoms with Crippen LogP contribution in [0.2, 0.25) is 0 Å². The number of carbonyl (C=O) groups is 2. The molecule has 1 amide bonds. The average Bonchev–Trinajstić information content (AvgIpc) is 2.93. The zero-order valence-corrected chi connectivity index (χ0v) is 13.3. The van der Waals surface area contributed by atoms with E-state index >= 15 is 0 Å². The standard InChI is InChI=1S/C15H13F6NO5/c16-11(17)14(18,15(19,20)21)8-3-1-7(2-4-8)13(27)5-9(10(23)24)22(6-13)12(25)26/h1-4,9,11,27H,5-6H2,(H,23,24)(H,25,26)/t9-,13?,14?/m0/s1. The van der Waals surface area contributed by atoms with Crippen LogP contribution in [0, 0.1) is 0 Å². The van der Waals surface area contributed by atoms with Gasteiger partial charge < -0.3 is 15.3 Å². The second-order valence-electron chi connectivity index (χ2n) is 6.09. The van der Waals surface area contributed by atoms with E-state index in [4.69, 9.17) is 10.2 Å². The minimum absolute atomic E-state index is 0.236. The summed E-state index contributed by atoms with van der Waals surface area (Å²) in [6, 6.07) is 0.617. The highest BCUT2D eigenvalue weighted by Crippen LogP contribution is 2.47. The summed E-state index contributed by atoms with van der Waals surface area (Å²) in [5, 5.41) is 28.6.